The summed E-state index contributed by atoms with van der Waals surface area (Å²) in [5.74, 6) is 0.731. The van der Waals surface area contributed by atoms with Crippen LogP contribution in [0.3, 0.4) is 0 Å². The third-order valence-electron chi connectivity index (χ3n) is 4.27. The summed E-state index contributed by atoms with van der Waals surface area (Å²) in [6, 6.07) is 0. The fourth-order valence-electron chi connectivity index (χ4n) is 3.71. The molecule has 0 saturated heterocycles. The molecule has 0 N–H and O–H groups in total. The Bertz CT molecular complexity index is 305. The quantitative estimate of drug-likeness (QED) is 0.406. The molecule has 1 aliphatic carbocycles. The van der Waals surface area contributed by atoms with Crippen LogP contribution in [0.25, 0.3) is 0 Å². The summed E-state index contributed by atoms with van der Waals surface area (Å²) < 4.78 is 5.64. The number of hydrogen-bond acceptors (Lipinski definition) is 1. The topological polar surface area (TPSA) is 9.23 Å². The lowest BCUT2D eigenvalue weighted by Crippen LogP contribution is -2.37. The van der Waals surface area contributed by atoms with E-state index in [9.17, 15) is 0 Å². The highest BCUT2D eigenvalue weighted by atomic mass is 16.5. The first-order chi connectivity index (χ1) is 9.00. The van der Waals surface area contributed by atoms with Gasteiger partial charge in [0.2, 0.25) is 0 Å². The fourth-order valence-corrected chi connectivity index (χ4v) is 3.71. The molecule has 0 aromatic carbocycles. The first-order valence-corrected chi connectivity index (χ1v) is 7.51. The Morgan fingerprint density at radius 1 is 1.11 bits per heavy atom. The van der Waals surface area contributed by atoms with Gasteiger partial charge in [0.15, 0.2) is 0 Å². The monoisotopic (exact) mass is 262 g/mol. The van der Waals surface area contributed by atoms with Crippen molar-refractivity contribution in [1.29, 1.82) is 0 Å². The Morgan fingerprint density at radius 2 is 1.63 bits per heavy atom. The van der Waals surface area contributed by atoms with Crippen molar-refractivity contribution in [2.45, 2.75) is 58.8 Å². The lowest BCUT2D eigenvalue weighted by atomic mass is 9.63. The second-order valence-corrected chi connectivity index (χ2v) is 6.44. The average molecular weight is 262 g/mol. The standard InChI is InChI=1S/C18H30O/c1-6-19-14-18(12-15(2)3,13-16(4)5)17-10-8-7-9-11-17/h6,17H,1-2,4,7-14H2,3,5H3. The Labute approximate surface area is 119 Å². The van der Waals surface area contributed by atoms with E-state index in [0.717, 1.165) is 25.4 Å². The zero-order valence-corrected chi connectivity index (χ0v) is 12.8. The van der Waals surface area contributed by atoms with E-state index in [4.69, 9.17) is 4.74 Å². The van der Waals surface area contributed by atoms with Gasteiger partial charge in [-0.3, -0.25) is 0 Å². The van der Waals surface area contributed by atoms with Gasteiger partial charge in [-0.2, -0.15) is 0 Å². The smallest absolute Gasteiger partial charge is 0.0937 e. The van der Waals surface area contributed by atoms with Crippen LogP contribution in [0.1, 0.15) is 58.8 Å². The van der Waals surface area contributed by atoms with Gasteiger partial charge in [-0.15, -0.1) is 13.2 Å². The summed E-state index contributed by atoms with van der Waals surface area (Å²) in [6.45, 7) is 17.0. The third kappa shape index (κ3) is 4.89. The van der Waals surface area contributed by atoms with E-state index in [1.165, 1.54) is 43.3 Å². The van der Waals surface area contributed by atoms with Crippen LogP contribution in [0.4, 0.5) is 0 Å². The third-order valence-corrected chi connectivity index (χ3v) is 4.27. The van der Waals surface area contributed by atoms with Crippen LogP contribution in [0.15, 0.2) is 37.1 Å². The maximum absolute atomic E-state index is 5.64. The van der Waals surface area contributed by atoms with E-state index in [1.807, 2.05) is 0 Å². The molecule has 0 aliphatic heterocycles. The molecule has 0 aromatic heterocycles. The molecule has 0 bridgehead atoms. The van der Waals surface area contributed by atoms with Gasteiger partial charge >= 0.3 is 0 Å². The molecular formula is C18H30O. The van der Waals surface area contributed by atoms with Crippen molar-refractivity contribution in [1.82, 2.24) is 0 Å². The first-order valence-electron chi connectivity index (χ1n) is 7.51. The Hall–Kier alpha value is -0.980. The molecule has 0 aromatic rings. The van der Waals surface area contributed by atoms with E-state index in [-0.39, 0.29) is 5.41 Å². The molecule has 19 heavy (non-hydrogen) atoms. The Kier molecular flexibility index (Phi) is 6.41. The molecule has 0 heterocycles. The predicted octanol–water partition coefficient (Wildman–Crippen LogP) is 5.65. The molecule has 0 atom stereocenters. The van der Waals surface area contributed by atoms with Gasteiger partial charge in [0.05, 0.1) is 12.9 Å². The highest BCUT2D eigenvalue weighted by Gasteiger charge is 2.39. The van der Waals surface area contributed by atoms with Gasteiger partial charge in [-0.05, 0) is 45.4 Å². The molecule has 108 valence electrons. The molecule has 1 saturated carbocycles. The fraction of sp³-hybridized carbons (Fsp3) is 0.667. The van der Waals surface area contributed by atoms with Crippen LogP contribution in [0, 0.1) is 11.3 Å². The molecule has 1 heteroatoms. The van der Waals surface area contributed by atoms with Crippen molar-refractivity contribution in [2.24, 2.45) is 11.3 Å². The summed E-state index contributed by atoms with van der Waals surface area (Å²) in [5, 5.41) is 0. The van der Waals surface area contributed by atoms with Crippen LogP contribution in [-0.4, -0.2) is 6.61 Å². The largest absolute Gasteiger partial charge is 0.501 e. The molecule has 1 aliphatic rings. The van der Waals surface area contributed by atoms with Gasteiger partial charge in [-0.25, -0.2) is 0 Å². The lowest BCUT2D eigenvalue weighted by Gasteiger charge is -2.43. The van der Waals surface area contributed by atoms with E-state index in [0.29, 0.717) is 0 Å². The van der Waals surface area contributed by atoms with Crippen LogP contribution < -0.4 is 0 Å². The SMILES string of the molecule is C=COCC(CC(=C)C)(CC(=C)C)C1CCCCC1. The highest BCUT2D eigenvalue weighted by molar-refractivity contribution is 5.06. The summed E-state index contributed by atoms with van der Waals surface area (Å²) in [4.78, 5) is 0. The molecule has 1 rings (SSSR count). The average Bonchev–Trinajstić information content (AvgIpc) is 2.35. The maximum Gasteiger partial charge on any atom is 0.0937 e. The number of rotatable bonds is 8. The minimum atomic E-state index is 0.173. The van der Waals surface area contributed by atoms with Crippen LogP contribution >= 0.6 is 0 Å². The van der Waals surface area contributed by atoms with Gasteiger partial charge in [-0.1, -0.05) is 37.0 Å². The molecule has 1 fully saturated rings. The zero-order chi connectivity index (χ0) is 14.3. The van der Waals surface area contributed by atoms with Crippen molar-refractivity contribution in [3.05, 3.63) is 37.1 Å². The number of allylic oxidation sites excluding steroid dienone is 2. The molecule has 1 nitrogen and oxygen atoms in total. The van der Waals surface area contributed by atoms with Crippen LogP contribution in [0.5, 0.6) is 0 Å². The molecular weight excluding hydrogens is 232 g/mol. The van der Waals surface area contributed by atoms with E-state index < -0.39 is 0 Å². The van der Waals surface area contributed by atoms with E-state index in [1.54, 1.807) is 6.26 Å². The minimum absolute atomic E-state index is 0.173. The highest BCUT2D eigenvalue weighted by Crippen LogP contribution is 2.46. The molecule has 0 amide bonds. The van der Waals surface area contributed by atoms with Gasteiger partial charge in [0, 0.05) is 5.41 Å². The number of hydrogen-bond donors (Lipinski definition) is 0. The Morgan fingerprint density at radius 3 is 2.05 bits per heavy atom. The zero-order valence-electron chi connectivity index (χ0n) is 12.8. The maximum atomic E-state index is 5.64. The summed E-state index contributed by atoms with van der Waals surface area (Å²) in [5.41, 5.74) is 2.67. The van der Waals surface area contributed by atoms with Crippen molar-refractivity contribution in [3.63, 3.8) is 0 Å². The molecule has 0 radical (unpaired) electrons. The second kappa shape index (κ2) is 7.57. The summed E-state index contributed by atoms with van der Waals surface area (Å²) in [7, 11) is 0. The van der Waals surface area contributed by atoms with E-state index in [2.05, 4.69) is 33.6 Å². The van der Waals surface area contributed by atoms with Crippen molar-refractivity contribution in [3.8, 4) is 0 Å². The molecule has 0 unspecified atom stereocenters. The van der Waals surface area contributed by atoms with Gasteiger partial charge in [0.25, 0.3) is 0 Å². The minimum Gasteiger partial charge on any atom is -0.501 e. The van der Waals surface area contributed by atoms with Crippen molar-refractivity contribution >= 4 is 0 Å². The second-order valence-electron chi connectivity index (χ2n) is 6.44. The van der Waals surface area contributed by atoms with Crippen LogP contribution in [-0.2, 0) is 4.74 Å². The van der Waals surface area contributed by atoms with Crippen molar-refractivity contribution in [2.75, 3.05) is 6.61 Å². The Balaban J connectivity index is 2.95. The van der Waals surface area contributed by atoms with E-state index >= 15 is 0 Å². The van der Waals surface area contributed by atoms with Crippen LogP contribution in [0.2, 0.25) is 0 Å². The van der Waals surface area contributed by atoms with Gasteiger partial charge in [0.1, 0.15) is 0 Å². The summed E-state index contributed by atoms with van der Waals surface area (Å²) in [6.07, 6.45) is 10.4. The number of ether oxygens (including phenoxy) is 1. The molecule has 0 spiro atoms. The summed E-state index contributed by atoms with van der Waals surface area (Å²) >= 11 is 0. The first kappa shape index (κ1) is 16.1. The normalized spacial score (nSPS) is 16.9. The predicted molar refractivity (Wildman–Crippen MR) is 84.0 cm³/mol. The van der Waals surface area contributed by atoms with Gasteiger partial charge < -0.3 is 4.74 Å². The lowest BCUT2D eigenvalue weighted by molar-refractivity contribution is 0.0315. The van der Waals surface area contributed by atoms with Crippen molar-refractivity contribution < 1.29 is 4.74 Å².